The number of carboxylic acid groups (broad SMARTS) is 1. The van der Waals surface area contributed by atoms with E-state index in [0.29, 0.717) is 0 Å². The number of aryl methyl sites for hydroxylation is 1. The van der Waals surface area contributed by atoms with Gasteiger partial charge in [0, 0.05) is 0 Å². The summed E-state index contributed by atoms with van der Waals surface area (Å²) in [5, 5.41) is 12.0. The van der Waals surface area contributed by atoms with Gasteiger partial charge < -0.3 is 9.63 Å². The Morgan fingerprint density at radius 3 is 2.45 bits per heavy atom. The molecule has 0 spiro atoms. The Hall–Kier alpha value is -2.22. The molecule has 0 aliphatic rings. The monoisotopic (exact) mass is 296 g/mol. The molecule has 0 fully saturated rings. The fraction of sp³-hybridized carbons (Fsp3) is 0.250. The number of aromatic nitrogens is 2. The average molecular weight is 296 g/mol. The molecule has 1 heterocycles. The molecule has 1 N–H and O–H groups in total. The highest BCUT2D eigenvalue weighted by Gasteiger charge is 2.21. The quantitative estimate of drug-likeness (QED) is 0.885. The predicted molar refractivity (Wildman–Crippen MR) is 68.0 cm³/mol. The van der Waals surface area contributed by atoms with E-state index in [-0.39, 0.29) is 10.7 Å². The first-order chi connectivity index (χ1) is 9.42. The van der Waals surface area contributed by atoms with E-state index < -0.39 is 27.5 Å². The Labute approximate surface area is 115 Å². The minimum absolute atomic E-state index is 0.136. The number of carboxylic acids is 1. The Morgan fingerprint density at radius 2 is 1.95 bits per heavy atom. The van der Waals surface area contributed by atoms with Gasteiger partial charge in [-0.3, -0.25) is 0 Å². The van der Waals surface area contributed by atoms with Gasteiger partial charge in [0.2, 0.25) is 0 Å². The zero-order valence-electron chi connectivity index (χ0n) is 10.6. The van der Waals surface area contributed by atoms with E-state index in [2.05, 4.69) is 14.7 Å². The van der Waals surface area contributed by atoms with E-state index in [0.717, 1.165) is 12.0 Å². The first kappa shape index (κ1) is 14.2. The maximum atomic E-state index is 12.1. The minimum Gasteiger partial charge on any atom is -0.474 e. The van der Waals surface area contributed by atoms with Crippen LogP contribution >= 0.6 is 0 Å². The normalized spacial score (nSPS) is 11.4. The summed E-state index contributed by atoms with van der Waals surface area (Å²) >= 11 is 0. The van der Waals surface area contributed by atoms with Crippen molar-refractivity contribution in [1.29, 1.82) is 0 Å². The lowest BCUT2D eigenvalue weighted by atomic mass is 10.2. The molecule has 0 unspecified atom stereocenters. The standard InChI is InChI=1S/C12H12N2O5S/c1-2-8-3-5-9(6-4-8)20(17,18)7-10-13-11(12(15)16)19-14-10/h3-6H,2,7H2,1H3,(H,15,16). The fourth-order valence-electron chi connectivity index (χ4n) is 1.59. The van der Waals surface area contributed by atoms with Gasteiger partial charge in [0.15, 0.2) is 15.7 Å². The van der Waals surface area contributed by atoms with Gasteiger partial charge in [-0.1, -0.05) is 24.2 Å². The smallest absolute Gasteiger partial charge is 0.394 e. The summed E-state index contributed by atoms with van der Waals surface area (Å²) in [5.74, 6) is -2.71. The van der Waals surface area contributed by atoms with Gasteiger partial charge in [0.25, 0.3) is 0 Å². The molecule has 106 valence electrons. The van der Waals surface area contributed by atoms with Crippen molar-refractivity contribution in [3.63, 3.8) is 0 Å². The number of hydrogen-bond donors (Lipinski definition) is 1. The molecular weight excluding hydrogens is 284 g/mol. The predicted octanol–water partition coefficient (Wildman–Crippen LogP) is 1.30. The van der Waals surface area contributed by atoms with Crippen LogP contribution in [0.2, 0.25) is 0 Å². The first-order valence-electron chi connectivity index (χ1n) is 5.80. The Balaban J connectivity index is 2.23. The van der Waals surface area contributed by atoms with E-state index in [1.807, 2.05) is 6.92 Å². The van der Waals surface area contributed by atoms with Crippen LogP contribution in [0.1, 0.15) is 29.0 Å². The lowest BCUT2D eigenvalue weighted by Crippen LogP contribution is -2.07. The molecule has 20 heavy (non-hydrogen) atoms. The fourth-order valence-corrected chi connectivity index (χ4v) is 2.76. The van der Waals surface area contributed by atoms with Crippen molar-refractivity contribution in [2.45, 2.75) is 24.0 Å². The molecular formula is C12H12N2O5S. The molecule has 0 radical (unpaired) electrons. The third-order valence-electron chi connectivity index (χ3n) is 2.66. The maximum Gasteiger partial charge on any atom is 0.394 e. The molecule has 7 nitrogen and oxygen atoms in total. The van der Waals surface area contributed by atoms with Gasteiger partial charge in [-0.25, -0.2) is 13.2 Å². The summed E-state index contributed by atoms with van der Waals surface area (Å²) in [7, 11) is -3.63. The van der Waals surface area contributed by atoms with Crippen LogP contribution in [0.3, 0.4) is 0 Å². The number of sulfone groups is 1. The van der Waals surface area contributed by atoms with E-state index in [9.17, 15) is 13.2 Å². The SMILES string of the molecule is CCc1ccc(S(=O)(=O)Cc2noc(C(=O)O)n2)cc1. The Morgan fingerprint density at radius 1 is 1.30 bits per heavy atom. The van der Waals surface area contributed by atoms with Crippen molar-refractivity contribution in [3.05, 3.63) is 41.5 Å². The van der Waals surface area contributed by atoms with Gasteiger partial charge >= 0.3 is 11.9 Å². The average Bonchev–Trinajstić information content (AvgIpc) is 2.87. The van der Waals surface area contributed by atoms with Gasteiger partial charge in [-0.2, -0.15) is 4.98 Å². The molecule has 0 bridgehead atoms. The second kappa shape index (κ2) is 5.41. The van der Waals surface area contributed by atoms with Gasteiger partial charge in [-0.05, 0) is 24.1 Å². The van der Waals surface area contributed by atoms with Crippen molar-refractivity contribution >= 4 is 15.8 Å². The third kappa shape index (κ3) is 3.02. The van der Waals surface area contributed by atoms with Crippen molar-refractivity contribution in [2.75, 3.05) is 0 Å². The molecule has 2 rings (SSSR count). The minimum atomic E-state index is -3.63. The molecule has 1 aromatic carbocycles. The number of hydrogen-bond acceptors (Lipinski definition) is 6. The van der Waals surface area contributed by atoms with Crippen LogP contribution in [-0.4, -0.2) is 29.6 Å². The number of rotatable bonds is 5. The highest BCUT2D eigenvalue weighted by Crippen LogP contribution is 2.16. The van der Waals surface area contributed by atoms with Crippen LogP contribution in [0.15, 0.2) is 33.7 Å². The largest absolute Gasteiger partial charge is 0.474 e. The summed E-state index contributed by atoms with van der Waals surface area (Å²) in [6, 6.07) is 6.47. The molecule has 2 aromatic rings. The van der Waals surface area contributed by atoms with Crippen molar-refractivity contribution in [2.24, 2.45) is 0 Å². The van der Waals surface area contributed by atoms with Crippen molar-refractivity contribution in [3.8, 4) is 0 Å². The lowest BCUT2D eigenvalue weighted by molar-refractivity contribution is 0.0643. The number of benzene rings is 1. The highest BCUT2D eigenvalue weighted by atomic mass is 32.2. The molecule has 0 amide bonds. The zero-order chi connectivity index (χ0) is 14.8. The van der Waals surface area contributed by atoms with E-state index in [1.165, 1.54) is 12.1 Å². The van der Waals surface area contributed by atoms with Crippen LogP contribution < -0.4 is 0 Å². The van der Waals surface area contributed by atoms with E-state index >= 15 is 0 Å². The molecule has 0 atom stereocenters. The molecule has 0 aliphatic heterocycles. The molecule has 1 aromatic heterocycles. The van der Waals surface area contributed by atoms with Gasteiger partial charge in [0.05, 0.1) is 4.90 Å². The Bertz CT molecular complexity index is 719. The molecule has 0 saturated heterocycles. The van der Waals surface area contributed by atoms with Crippen LogP contribution in [0, 0.1) is 0 Å². The first-order valence-corrected chi connectivity index (χ1v) is 7.45. The number of nitrogens with zero attached hydrogens (tertiary/aromatic N) is 2. The second-order valence-corrected chi connectivity index (χ2v) is 6.07. The Kier molecular flexibility index (Phi) is 3.84. The lowest BCUT2D eigenvalue weighted by Gasteiger charge is -2.02. The molecule has 8 heteroatoms. The van der Waals surface area contributed by atoms with Crippen LogP contribution in [0.4, 0.5) is 0 Å². The topological polar surface area (TPSA) is 110 Å². The van der Waals surface area contributed by atoms with E-state index in [4.69, 9.17) is 5.11 Å². The van der Waals surface area contributed by atoms with Crippen LogP contribution in [-0.2, 0) is 22.0 Å². The van der Waals surface area contributed by atoms with Gasteiger partial charge in [-0.15, -0.1) is 0 Å². The van der Waals surface area contributed by atoms with Crippen LogP contribution in [0.5, 0.6) is 0 Å². The summed E-state index contributed by atoms with van der Waals surface area (Å²) < 4.78 is 28.6. The van der Waals surface area contributed by atoms with E-state index in [1.54, 1.807) is 12.1 Å². The number of aromatic carboxylic acids is 1. The zero-order valence-corrected chi connectivity index (χ0v) is 11.4. The summed E-state index contributed by atoms with van der Waals surface area (Å²) in [6.45, 7) is 1.97. The summed E-state index contributed by atoms with van der Waals surface area (Å²) in [6.07, 6.45) is 0.813. The van der Waals surface area contributed by atoms with Crippen molar-refractivity contribution in [1.82, 2.24) is 10.1 Å². The summed E-state index contributed by atoms with van der Waals surface area (Å²) in [4.78, 5) is 14.2. The summed E-state index contributed by atoms with van der Waals surface area (Å²) in [5.41, 5.74) is 1.02. The van der Waals surface area contributed by atoms with Gasteiger partial charge in [0.1, 0.15) is 5.75 Å². The second-order valence-electron chi connectivity index (χ2n) is 4.08. The highest BCUT2D eigenvalue weighted by molar-refractivity contribution is 7.90. The molecule has 0 aliphatic carbocycles. The molecule has 0 saturated carbocycles. The van der Waals surface area contributed by atoms with Crippen LogP contribution in [0.25, 0.3) is 0 Å². The van der Waals surface area contributed by atoms with Crippen molar-refractivity contribution < 1.29 is 22.8 Å². The maximum absolute atomic E-state index is 12.1. The third-order valence-corrected chi connectivity index (χ3v) is 4.29. The number of carbonyl (C=O) groups is 1.